The fourth-order valence-electron chi connectivity index (χ4n) is 2.66. The van der Waals surface area contributed by atoms with Crippen molar-refractivity contribution in [1.29, 1.82) is 0 Å². The van der Waals surface area contributed by atoms with Gasteiger partial charge in [0.2, 0.25) is 0 Å². The van der Waals surface area contributed by atoms with E-state index in [0.29, 0.717) is 5.92 Å². The molecule has 1 aliphatic rings. The fraction of sp³-hybridized carbons (Fsp3) is 0.583. The first kappa shape index (κ1) is 11.4. The Morgan fingerprint density at radius 1 is 1.39 bits per heavy atom. The Hall–Kier alpha value is -1.69. The van der Waals surface area contributed by atoms with E-state index in [1.54, 1.807) is 6.33 Å². The van der Waals surface area contributed by atoms with Crippen molar-refractivity contribution in [2.45, 2.75) is 18.9 Å². The molecule has 0 saturated carbocycles. The average Bonchev–Trinajstić information content (AvgIpc) is 3.02. The molecule has 1 aliphatic heterocycles. The van der Waals surface area contributed by atoms with Crippen molar-refractivity contribution in [3.63, 3.8) is 0 Å². The molecule has 3 rings (SSSR count). The van der Waals surface area contributed by atoms with Crippen molar-refractivity contribution >= 4 is 0 Å². The van der Waals surface area contributed by atoms with Crippen molar-refractivity contribution in [3.8, 4) is 0 Å². The van der Waals surface area contributed by atoms with Gasteiger partial charge in [0.15, 0.2) is 0 Å². The number of hydrogen-bond acceptors (Lipinski definition) is 4. The van der Waals surface area contributed by atoms with Gasteiger partial charge in [-0.3, -0.25) is 9.58 Å². The molecule has 0 aromatic carbocycles. The van der Waals surface area contributed by atoms with Gasteiger partial charge in [0, 0.05) is 44.9 Å². The zero-order chi connectivity index (χ0) is 12.5. The predicted molar refractivity (Wildman–Crippen MR) is 66.8 cm³/mol. The summed E-state index contributed by atoms with van der Waals surface area (Å²) in [5.74, 6) is 1.61. The number of rotatable bonds is 3. The minimum Gasteiger partial charge on any atom is -0.320 e. The first-order chi connectivity index (χ1) is 8.72. The van der Waals surface area contributed by atoms with Crippen LogP contribution in [0.5, 0.6) is 0 Å². The minimum atomic E-state index is 0.508. The topological polar surface area (TPSA) is 51.8 Å². The maximum Gasteiger partial charge on any atom is 0.136 e. The molecule has 6 nitrogen and oxygen atoms in total. The zero-order valence-corrected chi connectivity index (χ0v) is 10.8. The van der Waals surface area contributed by atoms with E-state index in [1.807, 2.05) is 29.5 Å². The van der Waals surface area contributed by atoms with E-state index in [1.165, 1.54) is 5.56 Å². The molecule has 1 fully saturated rings. The number of likely N-dealkylation sites (tertiary alicyclic amines) is 1. The van der Waals surface area contributed by atoms with Gasteiger partial charge in [-0.2, -0.15) is 5.10 Å². The summed E-state index contributed by atoms with van der Waals surface area (Å²) < 4.78 is 3.88. The molecule has 0 N–H and O–H groups in total. The van der Waals surface area contributed by atoms with Crippen molar-refractivity contribution in [1.82, 2.24) is 29.4 Å². The Bertz CT molecular complexity index is 528. The molecule has 96 valence electrons. The van der Waals surface area contributed by atoms with Gasteiger partial charge < -0.3 is 4.57 Å². The van der Waals surface area contributed by atoms with Crippen molar-refractivity contribution in [2.24, 2.45) is 14.1 Å². The lowest BCUT2D eigenvalue weighted by Crippen LogP contribution is -2.20. The highest BCUT2D eigenvalue weighted by Crippen LogP contribution is 2.26. The maximum absolute atomic E-state index is 4.21. The molecular weight excluding hydrogens is 228 g/mol. The van der Waals surface area contributed by atoms with Crippen LogP contribution in [0.1, 0.15) is 23.7 Å². The standard InChI is InChI=1S/C12H18N6/c1-16-9-13-15-12(16)11-3-4-18(8-11)7-10-5-14-17(2)6-10/h5-6,9,11H,3-4,7-8H2,1-2H3. The van der Waals surface area contributed by atoms with Gasteiger partial charge in [-0.15, -0.1) is 10.2 Å². The Morgan fingerprint density at radius 2 is 2.28 bits per heavy atom. The van der Waals surface area contributed by atoms with Crippen LogP contribution in [0.4, 0.5) is 0 Å². The van der Waals surface area contributed by atoms with Gasteiger partial charge in [-0.05, 0) is 13.0 Å². The van der Waals surface area contributed by atoms with E-state index in [2.05, 4.69) is 26.4 Å². The molecule has 18 heavy (non-hydrogen) atoms. The first-order valence-corrected chi connectivity index (χ1v) is 6.26. The summed E-state index contributed by atoms with van der Waals surface area (Å²) >= 11 is 0. The molecular formula is C12H18N6. The van der Waals surface area contributed by atoms with Crippen LogP contribution in [-0.4, -0.2) is 42.5 Å². The van der Waals surface area contributed by atoms with Crippen LogP contribution < -0.4 is 0 Å². The van der Waals surface area contributed by atoms with E-state index in [4.69, 9.17) is 0 Å². The van der Waals surface area contributed by atoms with Crippen molar-refractivity contribution in [3.05, 3.63) is 30.1 Å². The molecule has 1 saturated heterocycles. The molecule has 3 heterocycles. The third-order valence-corrected chi connectivity index (χ3v) is 3.55. The normalized spacial score (nSPS) is 20.7. The highest BCUT2D eigenvalue weighted by Gasteiger charge is 2.27. The Morgan fingerprint density at radius 3 is 2.94 bits per heavy atom. The molecule has 0 aliphatic carbocycles. The van der Waals surface area contributed by atoms with E-state index in [9.17, 15) is 0 Å². The Kier molecular flexibility index (Phi) is 2.87. The zero-order valence-electron chi connectivity index (χ0n) is 10.8. The van der Waals surface area contributed by atoms with E-state index >= 15 is 0 Å². The molecule has 0 radical (unpaired) electrons. The lowest BCUT2D eigenvalue weighted by atomic mass is 10.1. The summed E-state index contributed by atoms with van der Waals surface area (Å²) in [5.41, 5.74) is 1.27. The SMILES string of the molecule is Cn1cc(CN2CCC(c3nncn3C)C2)cn1. The lowest BCUT2D eigenvalue weighted by Gasteiger charge is -2.14. The fourth-order valence-corrected chi connectivity index (χ4v) is 2.66. The van der Waals surface area contributed by atoms with Crippen LogP contribution in [0, 0.1) is 0 Å². The summed E-state index contributed by atoms with van der Waals surface area (Å²) in [6.07, 6.45) is 6.96. The summed E-state index contributed by atoms with van der Waals surface area (Å²) in [5, 5.41) is 12.4. The molecule has 0 spiro atoms. The Balaban J connectivity index is 1.63. The average molecular weight is 246 g/mol. The van der Waals surface area contributed by atoms with Gasteiger partial charge in [0.1, 0.15) is 12.2 Å². The van der Waals surface area contributed by atoms with E-state index < -0.39 is 0 Å². The molecule has 2 aromatic heterocycles. The highest BCUT2D eigenvalue weighted by molar-refractivity contribution is 5.06. The first-order valence-electron chi connectivity index (χ1n) is 6.26. The smallest absolute Gasteiger partial charge is 0.136 e. The lowest BCUT2D eigenvalue weighted by molar-refractivity contribution is 0.325. The molecule has 0 amide bonds. The van der Waals surface area contributed by atoms with Gasteiger partial charge in [-0.1, -0.05) is 0 Å². The van der Waals surface area contributed by atoms with Crippen LogP contribution >= 0.6 is 0 Å². The maximum atomic E-state index is 4.21. The van der Waals surface area contributed by atoms with Crippen molar-refractivity contribution < 1.29 is 0 Å². The van der Waals surface area contributed by atoms with Crippen LogP contribution in [0.2, 0.25) is 0 Å². The quantitative estimate of drug-likeness (QED) is 0.793. The summed E-state index contributed by atoms with van der Waals surface area (Å²) in [6, 6.07) is 0. The van der Waals surface area contributed by atoms with Crippen LogP contribution in [0.25, 0.3) is 0 Å². The summed E-state index contributed by atoms with van der Waals surface area (Å²) in [4.78, 5) is 2.45. The second kappa shape index (κ2) is 4.53. The monoisotopic (exact) mass is 246 g/mol. The van der Waals surface area contributed by atoms with Gasteiger partial charge in [-0.25, -0.2) is 0 Å². The molecule has 2 aromatic rings. The van der Waals surface area contributed by atoms with Crippen LogP contribution in [-0.2, 0) is 20.6 Å². The van der Waals surface area contributed by atoms with Gasteiger partial charge in [0.25, 0.3) is 0 Å². The van der Waals surface area contributed by atoms with E-state index in [-0.39, 0.29) is 0 Å². The molecule has 1 unspecified atom stereocenters. The number of aryl methyl sites for hydroxylation is 2. The predicted octanol–water partition coefficient (Wildman–Crippen LogP) is 0.538. The summed E-state index contributed by atoms with van der Waals surface area (Å²) in [6.45, 7) is 3.15. The highest BCUT2D eigenvalue weighted by atomic mass is 15.3. The second-order valence-electron chi connectivity index (χ2n) is 5.04. The summed E-state index contributed by atoms with van der Waals surface area (Å²) in [7, 11) is 3.97. The van der Waals surface area contributed by atoms with Crippen LogP contribution in [0.3, 0.4) is 0 Å². The number of aromatic nitrogens is 5. The van der Waals surface area contributed by atoms with Crippen LogP contribution in [0.15, 0.2) is 18.7 Å². The number of nitrogens with zero attached hydrogens (tertiary/aromatic N) is 6. The van der Waals surface area contributed by atoms with E-state index in [0.717, 1.165) is 31.9 Å². The Labute approximate surface area is 106 Å². The third kappa shape index (κ3) is 2.15. The van der Waals surface area contributed by atoms with Gasteiger partial charge in [0.05, 0.1) is 6.20 Å². The molecule has 1 atom stereocenters. The largest absolute Gasteiger partial charge is 0.320 e. The molecule has 0 bridgehead atoms. The van der Waals surface area contributed by atoms with Gasteiger partial charge >= 0.3 is 0 Å². The van der Waals surface area contributed by atoms with Crippen molar-refractivity contribution in [2.75, 3.05) is 13.1 Å². The molecule has 6 heteroatoms. The third-order valence-electron chi connectivity index (χ3n) is 3.55. The second-order valence-corrected chi connectivity index (χ2v) is 5.04. The number of hydrogen-bond donors (Lipinski definition) is 0. The minimum absolute atomic E-state index is 0.508.